The molecule has 1 aromatic heterocycles. The predicted octanol–water partition coefficient (Wildman–Crippen LogP) is 4.28. The number of esters is 1. The van der Waals surface area contributed by atoms with Crippen LogP contribution in [0.1, 0.15) is 121 Å². The number of carbonyl (C=O) groups excluding carboxylic acids is 4. The number of hydrogen-bond acceptors (Lipinski definition) is 11. The molecule has 4 N–H and O–H groups in total. The zero-order valence-electron chi connectivity index (χ0n) is 30.6. The van der Waals surface area contributed by atoms with E-state index in [0.29, 0.717) is 18.0 Å². The molecule has 1 fully saturated rings. The number of likely N-dealkylation sites (N-methyl/N-ethyl adjacent to an activating group) is 1. The minimum Gasteiger partial charge on any atom is -0.461 e. The van der Waals surface area contributed by atoms with Crippen molar-refractivity contribution >= 4 is 35.2 Å². The lowest BCUT2D eigenvalue weighted by Crippen LogP contribution is -2.59. The van der Waals surface area contributed by atoms with E-state index in [1.54, 1.807) is 12.3 Å². The number of rotatable bonds is 21. The smallest absolute Gasteiger partial charge is 0.407 e. The molecule has 49 heavy (non-hydrogen) atoms. The number of nitrogens with zero attached hydrogens (tertiary/aromatic N) is 3. The molecular weight excluding hydrogens is 650 g/mol. The molecule has 3 amide bonds. The van der Waals surface area contributed by atoms with Crippen LogP contribution in [-0.2, 0) is 19.1 Å². The fourth-order valence-electron chi connectivity index (χ4n) is 6.01. The average Bonchev–Trinajstić information content (AvgIpc) is 3.58. The Bertz CT molecular complexity index is 1170. The van der Waals surface area contributed by atoms with Crippen molar-refractivity contribution in [2.45, 2.75) is 130 Å². The maximum atomic E-state index is 14.7. The third kappa shape index (κ3) is 13.4. The summed E-state index contributed by atoms with van der Waals surface area (Å²) in [6.45, 7) is 12.5. The molecule has 0 spiro atoms. The minimum atomic E-state index is -1.16. The van der Waals surface area contributed by atoms with Gasteiger partial charge in [0.05, 0.1) is 25.4 Å². The highest BCUT2D eigenvalue weighted by atomic mass is 32.1. The number of unbranched alkanes of at least 4 members (excludes halogenated alkanes) is 3. The van der Waals surface area contributed by atoms with Gasteiger partial charge in [0.2, 0.25) is 11.8 Å². The molecular formula is C35H61N5O8S. The van der Waals surface area contributed by atoms with Crippen LogP contribution in [0, 0.1) is 11.8 Å². The maximum Gasteiger partial charge on any atom is 0.407 e. The summed E-state index contributed by atoms with van der Waals surface area (Å²) in [7, 11) is 1.95. The summed E-state index contributed by atoms with van der Waals surface area (Å²) < 4.78 is 11.0. The summed E-state index contributed by atoms with van der Waals surface area (Å²) >= 11 is 1.15. The Labute approximate surface area is 296 Å². The first-order chi connectivity index (χ1) is 23.4. The Morgan fingerprint density at radius 1 is 1.12 bits per heavy atom. The fourth-order valence-corrected chi connectivity index (χ4v) is 6.84. The first-order valence-electron chi connectivity index (χ1n) is 18.0. The van der Waals surface area contributed by atoms with Crippen molar-refractivity contribution < 1.29 is 38.9 Å². The molecule has 2 heterocycles. The fraction of sp³-hybridized carbons (Fsp3) is 0.800. The molecule has 1 aliphatic heterocycles. The van der Waals surface area contributed by atoms with E-state index < -0.39 is 43.0 Å². The summed E-state index contributed by atoms with van der Waals surface area (Å²) in [5.74, 6) is -1.11. The van der Waals surface area contributed by atoms with Gasteiger partial charge in [0.1, 0.15) is 11.0 Å². The molecule has 280 valence electrons. The zero-order chi connectivity index (χ0) is 36.5. The van der Waals surface area contributed by atoms with Crippen molar-refractivity contribution in [1.82, 2.24) is 25.4 Å². The number of nitrogens with one attached hydrogen (secondary N) is 2. The number of alkyl carbamates (subject to hydrolysis) is 1. The Morgan fingerprint density at radius 3 is 2.47 bits per heavy atom. The van der Waals surface area contributed by atoms with Gasteiger partial charge in [-0.25, -0.2) is 14.6 Å². The molecule has 1 unspecified atom stereocenters. The van der Waals surface area contributed by atoms with Gasteiger partial charge in [-0.3, -0.25) is 14.5 Å². The van der Waals surface area contributed by atoms with Crippen LogP contribution in [-0.4, -0.2) is 113 Å². The van der Waals surface area contributed by atoms with Gasteiger partial charge in [-0.2, -0.15) is 0 Å². The van der Waals surface area contributed by atoms with Crippen LogP contribution in [0.3, 0.4) is 0 Å². The van der Waals surface area contributed by atoms with Gasteiger partial charge in [-0.05, 0) is 51.6 Å². The van der Waals surface area contributed by atoms with Gasteiger partial charge < -0.3 is 35.2 Å². The number of hydrogen-bond donors (Lipinski definition) is 4. The molecule has 0 bridgehead atoms. The molecule has 1 aliphatic rings. The molecule has 0 saturated carbocycles. The van der Waals surface area contributed by atoms with Crippen LogP contribution in [0.4, 0.5) is 4.79 Å². The standard InChI is InChI=1S/C35H61N5O8S/c1-8-11-12-14-18-40(33(44)30(24(6)9-2)38-31(43)27-16-13-15-17-39(27)7)28(23(4)5)19-29(48-35(46)36-20-25(42)21-41)32-37-26(22-49-32)34(45)47-10-3/h22-25,27-30,41-42H,8-21H2,1-7H3,(H,36,46)(H,38,43)/t24-,25?,27+,28+,29+,30-/m0/s1. The Balaban J connectivity index is 2.49. The van der Waals surface area contributed by atoms with E-state index in [0.717, 1.165) is 62.8 Å². The molecule has 6 atom stereocenters. The first kappa shape index (κ1) is 42.4. The topological polar surface area (TPSA) is 171 Å². The molecule has 13 nitrogen and oxygen atoms in total. The lowest BCUT2D eigenvalue weighted by molar-refractivity contribution is -0.142. The van der Waals surface area contributed by atoms with Crippen LogP contribution >= 0.6 is 11.3 Å². The van der Waals surface area contributed by atoms with Gasteiger partial charge in [0.25, 0.3) is 0 Å². The van der Waals surface area contributed by atoms with Crippen molar-refractivity contribution in [2.24, 2.45) is 11.8 Å². The second kappa shape index (κ2) is 22.1. The Morgan fingerprint density at radius 2 is 1.86 bits per heavy atom. The quantitative estimate of drug-likeness (QED) is 0.107. The third-order valence-electron chi connectivity index (χ3n) is 9.24. The van der Waals surface area contributed by atoms with Gasteiger partial charge >= 0.3 is 12.1 Å². The second-order valence-corrected chi connectivity index (χ2v) is 14.3. The predicted molar refractivity (Wildman–Crippen MR) is 189 cm³/mol. The highest BCUT2D eigenvalue weighted by molar-refractivity contribution is 7.09. The van der Waals surface area contributed by atoms with E-state index in [4.69, 9.17) is 9.47 Å². The zero-order valence-corrected chi connectivity index (χ0v) is 31.4. The molecule has 14 heteroatoms. The minimum absolute atomic E-state index is 0.0808. The third-order valence-corrected chi connectivity index (χ3v) is 10.2. The number of amides is 3. The normalized spacial score (nSPS) is 18.2. The van der Waals surface area contributed by atoms with Crippen molar-refractivity contribution in [3.05, 3.63) is 16.1 Å². The highest BCUT2D eigenvalue weighted by Gasteiger charge is 2.38. The molecule has 0 aromatic carbocycles. The number of ether oxygens (including phenoxy) is 2. The summed E-state index contributed by atoms with van der Waals surface area (Å²) in [4.78, 5) is 62.1. The van der Waals surface area contributed by atoms with E-state index in [1.165, 1.54) is 0 Å². The lowest BCUT2D eigenvalue weighted by Gasteiger charge is -2.40. The molecule has 1 aromatic rings. The van der Waals surface area contributed by atoms with Gasteiger partial charge in [-0.1, -0.05) is 66.7 Å². The first-order valence-corrected chi connectivity index (χ1v) is 18.9. The molecule has 0 aliphatic carbocycles. The van der Waals surface area contributed by atoms with Crippen molar-refractivity contribution in [2.75, 3.05) is 39.9 Å². The number of aromatic nitrogens is 1. The van der Waals surface area contributed by atoms with Gasteiger partial charge in [0.15, 0.2) is 11.8 Å². The molecule has 2 rings (SSSR count). The number of likely N-dealkylation sites (tertiary alicyclic amines) is 1. The highest BCUT2D eigenvalue weighted by Crippen LogP contribution is 2.32. The van der Waals surface area contributed by atoms with Crippen molar-refractivity contribution in [1.29, 1.82) is 0 Å². The largest absolute Gasteiger partial charge is 0.461 e. The molecule has 1 saturated heterocycles. The van der Waals surface area contributed by atoms with Crippen molar-refractivity contribution in [3.8, 4) is 0 Å². The Hall–Kier alpha value is -2.81. The summed E-state index contributed by atoms with van der Waals surface area (Å²) in [6, 6.07) is -1.45. The maximum absolute atomic E-state index is 14.7. The number of carbonyl (C=O) groups is 4. The summed E-state index contributed by atoms with van der Waals surface area (Å²) in [5, 5.41) is 26.5. The lowest BCUT2D eigenvalue weighted by atomic mass is 9.91. The molecule has 0 radical (unpaired) electrons. The SMILES string of the molecule is CCCCCCN(C(=O)[C@@H](NC(=O)[C@H]1CCCCN1C)[C@@H](C)CC)[C@H](C[C@@H](OC(=O)NCC(O)CO)c1nc(C(=O)OCC)cs1)C(C)C. The van der Waals surface area contributed by atoms with E-state index in [2.05, 4.69) is 27.4 Å². The van der Waals surface area contributed by atoms with E-state index in [-0.39, 0.29) is 55.0 Å². The van der Waals surface area contributed by atoms with Crippen molar-refractivity contribution in [3.63, 3.8) is 0 Å². The summed E-state index contributed by atoms with van der Waals surface area (Å²) in [5.41, 5.74) is 0.0902. The number of piperidine rings is 1. The Kier molecular flexibility index (Phi) is 19.1. The van der Waals surface area contributed by atoms with Crippen LogP contribution < -0.4 is 10.6 Å². The van der Waals surface area contributed by atoms with E-state index >= 15 is 0 Å². The number of thiazole rings is 1. The van der Waals surface area contributed by atoms with Crippen LogP contribution in [0.5, 0.6) is 0 Å². The average molecular weight is 712 g/mol. The summed E-state index contributed by atoms with van der Waals surface area (Å²) in [6.07, 6.45) is 4.42. The monoisotopic (exact) mass is 711 g/mol. The van der Waals surface area contributed by atoms with Crippen LogP contribution in [0.2, 0.25) is 0 Å². The van der Waals surface area contributed by atoms with Crippen LogP contribution in [0.15, 0.2) is 5.38 Å². The second-order valence-electron chi connectivity index (χ2n) is 13.4. The number of aliphatic hydroxyl groups excluding tert-OH is 2. The van der Waals surface area contributed by atoms with E-state index in [9.17, 15) is 29.4 Å². The van der Waals surface area contributed by atoms with Gasteiger partial charge in [0, 0.05) is 30.9 Å². The van der Waals surface area contributed by atoms with Gasteiger partial charge in [-0.15, -0.1) is 11.3 Å². The van der Waals surface area contributed by atoms with Crippen LogP contribution in [0.25, 0.3) is 0 Å². The number of aliphatic hydroxyl groups is 2. The van der Waals surface area contributed by atoms with E-state index in [1.807, 2.05) is 39.6 Å².